The smallest absolute Gasteiger partial charge is 0.161 e. The third-order valence-corrected chi connectivity index (χ3v) is 2.50. The van der Waals surface area contributed by atoms with Gasteiger partial charge in [0.2, 0.25) is 0 Å². The summed E-state index contributed by atoms with van der Waals surface area (Å²) in [4.78, 5) is 0. The number of hydrogen-bond acceptors (Lipinski definition) is 4. The van der Waals surface area contributed by atoms with Gasteiger partial charge in [-0.2, -0.15) is 0 Å². The van der Waals surface area contributed by atoms with Crippen LogP contribution in [0.4, 0.5) is 0 Å². The summed E-state index contributed by atoms with van der Waals surface area (Å²) in [6.07, 6.45) is 0. The molecule has 1 heterocycles. The Labute approximate surface area is 95.5 Å². The third-order valence-electron chi connectivity index (χ3n) is 2.50. The van der Waals surface area contributed by atoms with Gasteiger partial charge in [0.25, 0.3) is 0 Å². The van der Waals surface area contributed by atoms with Crippen molar-refractivity contribution in [3.8, 4) is 11.5 Å². The first kappa shape index (κ1) is 11.2. The maximum Gasteiger partial charge on any atom is 0.161 e. The predicted molar refractivity (Wildman–Crippen MR) is 61.1 cm³/mol. The summed E-state index contributed by atoms with van der Waals surface area (Å²) in [7, 11) is 1.64. The minimum Gasteiger partial charge on any atom is -0.493 e. The van der Waals surface area contributed by atoms with E-state index in [1.165, 1.54) is 0 Å². The molecule has 0 unspecified atom stereocenters. The molecule has 0 atom stereocenters. The van der Waals surface area contributed by atoms with Crippen LogP contribution in [0, 0.1) is 0 Å². The van der Waals surface area contributed by atoms with E-state index in [-0.39, 0.29) is 0 Å². The van der Waals surface area contributed by atoms with Crippen LogP contribution in [-0.4, -0.2) is 39.5 Å². The molecule has 1 fully saturated rings. The molecule has 1 aromatic carbocycles. The van der Waals surface area contributed by atoms with Crippen LogP contribution in [0.1, 0.15) is 0 Å². The number of methoxy groups -OCH3 is 1. The second kappa shape index (κ2) is 5.72. The van der Waals surface area contributed by atoms with Gasteiger partial charge in [-0.1, -0.05) is 12.1 Å². The van der Waals surface area contributed by atoms with Crippen molar-refractivity contribution in [2.75, 3.05) is 33.5 Å². The highest BCUT2D eigenvalue weighted by Gasteiger charge is 2.16. The zero-order chi connectivity index (χ0) is 11.2. The van der Waals surface area contributed by atoms with Gasteiger partial charge in [0, 0.05) is 6.54 Å². The Balaban J connectivity index is 1.71. The summed E-state index contributed by atoms with van der Waals surface area (Å²) in [5, 5.41) is 3.34. The summed E-state index contributed by atoms with van der Waals surface area (Å²) in [6, 6.07) is 8.16. The molecule has 88 valence electrons. The molecule has 1 aliphatic heterocycles. The van der Waals surface area contributed by atoms with E-state index in [1.807, 2.05) is 24.3 Å². The standard InChI is InChI=1S/C12H17NO3/c1-14-11-4-2-3-5-12(11)16-7-6-13-10-8-15-9-10/h2-5,10,13H,6-9H2,1H3. The van der Waals surface area contributed by atoms with Crippen LogP contribution >= 0.6 is 0 Å². The van der Waals surface area contributed by atoms with Crippen LogP contribution in [-0.2, 0) is 4.74 Å². The van der Waals surface area contributed by atoms with Crippen molar-refractivity contribution in [3.63, 3.8) is 0 Å². The first-order valence-electron chi connectivity index (χ1n) is 5.47. The molecular weight excluding hydrogens is 206 g/mol. The van der Waals surface area contributed by atoms with E-state index in [2.05, 4.69) is 5.32 Å². The normalized spacial score (nSPS) is 15.6. The molecule has 1 aliphatic rings. The summed E-state index contributed by atoms with van der Waals surface area (Å²) in [5.74, 6) is 1.56. The van der Waals surface area contributed by atoms with Crippen LogP contribution in [0.15, 0.2) is 24.3 Å². The van der Waals surface area contributed by atoms with E-state index in [0.717, 1.165) is 31.3 Å². The second-order valence-corrected chi connectivity index (χ2v) is 3.69. The van der Waals surface area contributed by atoms with Gasteiger partial charge in [-0.05, 0) is 12.1 Å². The lowest BCUT2D eigenvalue weighted by Crippen LogP contribution is -2.47. The highest BCUT2D eigenvalue weighted by molar-refractivity contribution is 5.39. The number of benzene rings is 1. The highest BCUT2D eigenvalue weighted by atomic mass is 16.5. The van der Waals surface area contributed by atoms with Crippen LogP contribution in [0.5, 0.6) is 11.5 Å². The third kappa shape index (κ3) is 2.87. The SMILES string of the molecule is COc1ccccc1OCCNC1COC1. The van der Waals surface area contributed by atoms with Gasteiger partial charge < -0.3 is 19.5 Å². The number of ether oxygens (including phenoxy) is 3. The molecule has 2 rings (SSSR count). The van der Waals surface area contributed by atoms with Gasteiger partial charge in [-0.15, -0.1) is 0 Å². The molecule has 0 aliphatic carbocycles. The summed E-state index contributed by atoms with van der Waals surface area (Å²) >= 11 is 0. The van der Waals surface area contributed by atoms with Crippen LogP contribution in [0.2, 0.25) is 0 Å². The van der Waals surface area contributed by atoms with E-state index in [0.29, 0.717) is 12.6 Å². The lowest BCUT2D eigenvalue weighted by Gasteiger charge is -2.26. The van der Waals surface area contributed by atoms with E-state index in [9.17, 15) is 0 Å². The highest BCUT2D eigenvalue weighted by Crippen LogP contribution is 2.25. The molecule has 0 amide bonds. The Bertz CT molecular complexity index is 326. The van der Waals surface area contributed by atoms with Crippen molar-refractivity contribution < 1.29 is 14.2 Å². The average Bonchev–Trinajstić information content (AvgIpc) is 2.27. The van der Waals surface area contributed by atoms with Gasteiger partial charge in [-0.25, -0.2) is 0 Å². The molecule has 1 aromatic rings. The van der Waals surface area contributed by atoms with Gasteiger partial charge >= 0.3 is 0 Å². The lowest BCUT2D eigenvalue weighted by molar-refractivity contribution is -0.00598. The molecular formula is C12H17NO3. The summed E-state index contributed by atoms with van der Waals surface area (Å²) < 4.78 is 15.9. The molecule has 0 bridgehead atoms. The Kier molecular flexibility index (Phi) is 4.02. The minimum absolute atomic E-state index is 0.501. The van der Waals surface area contributed by atoms with Crippen LogP contribution in [0.25, 0.3) is 0 Å². The Morgan fingerprint density at radius 1 is 1.31 bits per heavy atom. The Hall–Kier alpha value is -1.26. The van der Waals surface area contributed by atoms with Crippen molar-refractivity contribution in [1.29, 1.82) is 0 Å². The van der Waals surface area contributed by atoms with Crippen LogP contribution in [0.3, 0.4) is 0 Å². The van der Waals surface area contributed by atoms with Crippen molar-refractivity contribution in [2.24, 2.45) is 0 Å². The first-order valence-corrected chi connectivity index (χ1v) is 5.47. The largest absolute Gasteiger partial charge is 0.493 e. The number of para-hydroxylation sites is 2. The van der Waals surface area contributed by atoms with Crippen LogP contribution < -0.4 is 14.8 Å². The maximum absolute atomic E-state index is 5.62. The van der Waals surface area contributed by atoms with Crippen molar-refractivity contribution >= 4 is 0 Å². The molecule has 0 radical (unpaired) electrons. The molecule has 0 aromatic heterocycles. The van der Waals surface area contributed by atoms with Gasteiger partial charge in [0.15, 0.2) is 11.5 Å². The minimum atomic E-state index is 0.501. The fourth-order valence-electron chi connectivity index (χ4n) is 1.52. The average molecular weight is 223 g/mol. The quantitative estimate of drug-likeness (QED) is 0.732. The fraction of sp³-hybridized carbons (Fsp3) is 0.500. The van der Waals surface area contributed by atoms with Gasteiger partial charge in [-0.3, -0.25) is 0 Å². The lowest BCUT2D eigenvalue weighted by atomic mass is 10.2. The summed E-state index contributed by atoms with van der Waals surface area (Å²) in [5.41, 5.74) is 0. The molecule has 0 spiro atoms. The van der Waals surface area contributed by atoms with E-state index in [4.69, 9.17) is 14.2 Å². The second-order valence-electron chi connectivity index (χ2n) is 3.69. The predicted octanol–water partition coefficient (Wildman–Crippen LogP) is 1.06. The Morgan fingerprint density at radius 2 is 2.06 bits per heavy atom. The Morgan fingerprint density at radius 3 is 2.69 bits per heavy atom. The van der Waals surface area contributed by atoms with Crippen molar-refractivity contribution in [1.82, 2.24) is 5.32 Å². The van der Waals surface area contributed by atoms with Gasteiger partial charge in [0.1, 0.15) is 6.61 Å². The monoisotopic (exact) mass is 223 g/mol. The molecule has 4 heteroatoms. The van der Waals surface area contributed by atoms with Crippen molar-refractivity contribution in [2.45, 2.75) is 6.04 Å². The topological polar surface area (TPSA) is 39.7 Å². The van der Waals surface area contributed by atoms with E-state index in [1.54, 1.807) is 7.11 Å². The number of rotatable bonds is 6. The molecule has 1 N–H and O–H groups in total. The van der Waals surface area contributed by atoms with Crippen molar-refractivity contribution in [3.05, 3.63) is 24.3 Å². The van der Waals surface area contributed by atoms with E-state index >= 15 is 0 Å². The first-order chi connectivity index (χ1) is 7.90. The van der Waals surface area contributed by atoms with E-state index < -0.39 is 0 Å². The number of hydrogen-bond donors (Lipinski definition) is 1. The molecule has 0 saturated carbocycles. The molecule has 4 nitrogen and oxygen atoms in total. The zero-order valence-electron chi connectivity index (χ0n) is 9.44. The molecule has 16 heavy (non-hydrogen) atoms. The van der Waals surface area contributed by atoms with Gasteiger partial charge in [0.05, 0.1) is 26.4 Å². The summed E-state index contributed by atoms with van der Waals surface area (Å²) in [6.45, 7) is 3.09. The zero-order valence-corrected chi connectivity index (χ0v) is 9.44. The molecule has 1 saturated heterocycles. The number of nitrogens with one attached hydrogen (secondary N) is 1. The fourth-order valence-corrected chi connectivity index (χ4v) is 1.52. The maximum atomic E-state index is 5.62.